The average molecular weight is 625 g/mol. The SMILES string of the molecule is C[C@@H]1CC2C3CCC4=CC(=O)C=C[C@]4(C)C3=CC[C@]2(C)[C@H]1C(=O)CN1CCN(c2cc(N3CCCC3)nc(N3CCCC3)n2)CC1. The third-order valence-electron chi connectivity index (χ3n) is 13.2. The molecule has 2 unspecified atom stereocenters. The van der Waals surface area contributed by atoms with Crippen LogP contribution in [0.2, 0.25) is 0 Å². The normalized spacial score (nSPS) is 36.0. The Morgan fingerprint density at radius 1 is 0.913 bits per heavy atom. The van der Waals surface area contributed by atoms with Gasteiger partial charge in [-0.2, -0.15) is 9.97 Å². The number of carbonyl (C=O) groups excluding carboxylic acids is 2. The lowest BCUT2D eigenvalue weighted by Gasteiger charge is -2.52. The molecule has 6 atom stereocenters. The van der Waals surface area contributed by atoms with E-state index in [-0.39, 0.29) is 22.5 Å². The van der Waals surface area contributed by atoms with Gasteiger partial charge in [-0.25, -0.2) is 0 Å². The monoisotopic (exact) mass is 624 g/mol. The van der Waals surface area contributed by atoms with Gasteiger partial charge < -0.3 is 14.7 Å². The van der Waals surface area contributed by atoms with Gasteiger partial charge in [0.25, 0.3) is 0 Å². The number of ketones is 2. The van der Waals surface area contributed by atoms with E-state index < -0.39 is 0 Å². The average Bonchev–Trinajstić information content (AvgIpc) is 3.83. The van der Waals surface area contributed by atoms with Crippen molar-refractivity contribution in [1.82, 2.24) is 14.9 Å². The Balaban J connectivity index is 0.947. The predicted molar refractivity (Wildman–Crippen MR) is 183 cm³/mol. The van der Waals surface area contributed by atoms with Crippen LogP contribution in [0.15, 0.2) is 41.5 Å². The van der Waals surface area contributed by atoms with E-state index in [4.69, 9.17) is 9.97 Å². The van der Waals surface area contributed by atoms with Crippen molar-refractivity contribution in [3.8, 4) is 0 Å². The molecule has 3 saturated heterocycles. The van der Waals surface area contributed by atoms with Gasteiger partial charge in [0.05, 0.1) is 6.54 Å². The number of nitrogens with zero attached hydrogens (tertiary/aromatic N) is 6. The second kappa shape index (κ2) is 11.6. The summed E-state index contributed by atoms with van der Waals surface area (Å²) in [6, 6.07) is 2.21. The molecule has 8 heteroatoms. The van der Waals surface area contributed by atoms with E-state index in [0.29, 0.717) is 30.1 Å². The molecule has 0 amide bonds. The first-order chi connectivity index (χ1) is 22.2. The maximum atomic E-state index is 14.2. The van der Waals surface area contributed by atoms with Crippen LogP contribution >= 0.6 is 0 Å². The number of anilines is 3. The highest BCUT2D eigenvalue weighted by Crippen LogP contribution is 2.65. The fourth-order valence-corrected chi connectivity index (χ4v) is 10.8. The predicted octanol–water partition coefficient (Wildman–Crippen LogP) is 5.46. The summed E-state index contributed by atoms with van der Waals surface area (Å²) in [6.45, 7) is 15.4. The molecule has 246 valence electrons. The lowest BCUT2D eigenvalue weighted by molar-refractivity contribution is -0.129. The highest BCUT2D eigenvalue weighted by Gasteiger charge is 2.59. The molecule has 46 heavy (non-hydrogen) atoms. The summed E-state index contributed by atoms with van der Waals surface area (Å²) in [5, 5.41) is 0. The fourth-order valence-electron chi connectivity index (χ4n) is 10.8. The van der Waals surface area contributed by atoms with Gasteiger partial charge in [-0.05, 0) is 93.6 Å². The molecule has 4 aliphatic carbocycles. The zero-order chi connectivity index (χ0) is 31.6. The van der Waals surface area contributed by atoms with Crippen LogP contribution in [-0.2, 0) is 9.59 Å². The highest BCUT2D eigenvalue weighted by molar-refractivity contribution is 6.01. The Bertz CT molecular complexity index is 1450. The van der Waals surface area contributed by atoms with E-state index in [9.17, 15) is 9.59 Å². The Morgan fingerprint density at radius 3 is 2.26 bits per heavy atom. The second-order valence-electron chi connectivity index (χ2n) is 15.9. The van der Waals surface area contributed by atoms with Gasteiger partial charge in [0.15, 0.2) is 11.6 Å². The van der Waals surface area contributed by atoms with Crippen molar-refractivity contribution in [2.45, 2.75) is 72.1 Å². The highest BCUT2D eigenvalue weighted by atomic mass is 16.1. The van der Waals surface area contributed by atoms with Gasteiger partial charge in [-0.1, -0.05) is 37.1 Å². The largest absolute Gasteiger partial charge is 0.356 e. The summed E-state index contributed by atoms with van der Waals surface area (Å²) in [5.74, 6) is 5.14. The van der Waals surface area contributed by atoms with Crippen LogP contribution in [0.1, 0.15) is 72.1 Å². The first kappa shape index (κ1) is 30.3. The molecule has 0 radical (unpaired) electrons. The molecule has 0 aromatic carbocycles. The van der Waals surface area contributed by atoms with E-state index >= 15 is 0 Å². The minimum Gasteiger partial charge on any atom is -0.356 e. The van der Waals surface area contributed by atoms with Crippen LogP contribution in [0.4, 0.5) is 17.6 Å². The van der Waals surface area contributed by atoms with E-state index in [1.807, 2.05) is 6.08 Å². The number of allylic oxidation sites excluding steroid dienone is 6. The van der Waals surface area contributed by atoms with Gasteiger partial charge >= 0.3 is 0 Å². The van der Waals surface area contributed by atoms with E-state index in [1.165, 1.54) is 36.8 Å². The molecule has 0 spiro atoms. The van der Waals surface area contributed by atoms with E-state index in [1.54, 1.807) is 6.08 Å². The maximum Gasteiger partial charge on any atom is 0.229 e. The van der Waals surface area contributed by atoms with Crippen LogP contribution in [0.3, 0.4) is 0 Å². The minimum atomic E-state index is -0.128. The third kappa shape index (κ3) is 5.05. The Hall–Kier alpha value is -3.00. The number of hydrogen-bond acceptors (Lipinski definition) is 8. The number of fused-ring (bicyclic) bond motifs is 5. The Morgan fingerprint density at radius 2 is 1.57 bits per heavy atom. The number of piperazine rings is 1. The lowest BCUT2D eigenvalue weighted by Crippen LogP contribution is -2.51. The van der Waals surface area contributed by atoms with Crippen LogP contribution in [0.25, 0.3) is 0 Å². The summed E-state index contributed by atoms with van der Waals surface area (Å²) in [7, 11) is 0. The maximum absolute atomic E-state index is 14.2. The zero-order valence-electron chi connectivity index (χ0n) is 28.2. The van der Waals surface area contributed by atoms with Crippen molar-refractivity contribution in [2.75, 3.05) is 73.6 Å². The smallest absolute Gasteiger partial charge is 0.229 e. The first-order valence-corrected chi connectivity index (χ1v) is 18.3. The summed E-state index contributed by atoms with van der Waals surface area (Å²) in [6.07, 6.45) is 17.4. The lowest BCUT2D eigenvalue weighted by atomic mass is 9.52. The first-order valence-electron chi connectivity index (χ1n) is 18.3. The molecule has 8 nitrogen and oxygen atoms in total. The molecular weight excluding hydrogens is 572 g/mol. The Kier molecular flexibility index (Phi) is 7.65. The van der Waals surface area contributed by atoms with Crippen LogP contribution in [-0.4, -0.2) is 85.3 Å². The number of hydrogen-bond donors (Lipinski definition) is 0. The van der Waals surface area contributed by atoms with Crippen molar-refractivity contribution in [1.29, 1.82) is 0 Å². The van der Waals surface area contributed by atoms with Gasteiger partial charge in [0.1, 0.15) is 11.6 Å². The molecule has 5 fully saturated rings. The van der Waals surface area contributed by atoms with E-state index in [0.717, 1.165) is 95.6 Å². The Labute approximate surface area is 275 Å². The third-order valence-corrected chi connectivity index (χ3v) is 13.2. The number of aromatic nitrogens is 2. The van der Waals surface area contributed by atoms with Crippen molar-refractivity contribution >= 4 is 29.2 Å². The quantitative estimate of drug-likeness (QED) is 0.387. The van der Waals surface area contributed by atoms with Crippen molar-refractivity contribution < 1.29 is 9.59 Å². The molecule has 8 rings (SSSR count). The summed E-state index contributed by atoms with van der Waals surface area (Å²) in [5.41, 5.74) is 2.68. The van der Waals surface area contributed by atoms with Crippen molar-refractivity contribution in [3.63, 3.8) is 0 Å². The fraction of sp³-hybridized carbons (Fsp3) is 0.684. The molecule has 0 N–H and O–H groups in total. The number of carbonyl (C=O) groups is 2. The summed E-state index contributed by atoms with van der Waals surface area (Å²) >= 11 is 0. The standard InChI is InChI=1S/C38H52N6O2/c1-26-22-31-29-9-8-27-23-28(45)10-12-37(27,2)30(29)11-13-38(31,3)35(26)32(46)25-41-18-20-43(21-19-41)34-24-33(42-14-4-5-15-42)39-36(40-34)44-16-6-7-17-44/h10-12,23-24,26,29,31,35H,4-9,13-22,25H2,1-3H3/t26-,29?,31?,35-,37+,38+/m1/s1. The minimum absolute atomic E-state index is 0.0111. The number of rotatable bonds is 6. The molecule has 7 aliphatic rings. The van der Waals surface area contributed by atoms with E-state index in [2.05, 4.69) is 58.6 Å². The van der Waals surface area contributed by atoms with Gasteiger partial charge in [-0.15, -0.1) is 0 Å². The topological polar surface area (TPSA) is 72.9 Å². The number of Topliss-reactive ketones (excluding diaryl/α,β-unsaturated/α-hetero) is 1. The second-order valence-corrected chi connectivity index (χ2v) is 15.9. The molecule has 2 saturated carbocycles. The molecule has 1 aromatic heterocycles. The van der Waals surface area contributed by atoms with Crippen LogP contribution < -0.4 is 14.7 Å². The zero-order valence-corrected chi connectivity index (χ0v) is 28.2. The molecule has 4 heterocycles. The summed E-state index contributed by atoms with van der Waals surface area (Å²) < 4.78 is 0. The summed E-state index contributed by atoms with van der Waals surface area (Å²) in [4.78, 5) is 46.1. The van der Waals surface area contributed by atoms with Crippen LogP contribution in [0, 0.1) is 34.5 Å². The molecule has 3 aliphatic heterocycles. The molecule has 0 bridgehead atoms. The van der Waals surface area contributed by atoms with Crippen molar-refractivity contribution in [3.05, 3.63) is 41.5 Å². The van der Waals surface area contributed by atoms with Gasteiger partial charge in [0, 0.05) is 69.8 Å². The van der Waals surface area contributed by atoms with Crippen molar-refractivity contribution in [2.24, 2.45) is 34.5 Å². The van der Waals surface area contributed by atoms with Crippen LogP contribution in [0.5, 0.6) is 0 Å². The van der Waals surface area contributed by atoms with Gasteiger partial charge in [-0.3, -0.25) is 14.5 Å². The molecular formula is C38H52N6O2. The van der Waals surface area contributed by atoms with Gasteiger partial charge in [0.2, 0.25) is 5.95 Å². The molecule has 1 aromatic rings.